The second kappa shape index (κ2) is 5.93. The van der Waals surface area contributed by atoms with Crippen LogP contribution in [0.5, 0.6) is 0 Å². The van der Waals surface area contributed by atoms with Crippen molar-refractivity contribution in [2.45, 2.75) is 17.3 Å². The van der Waals surface area contributed by atoms with Crippen LogP contribution in [0.3, 0.4) is 0 Å². The van der Waals surface area contributed by atoms with Crippen molar-refractivity contribution >= 4 is 17.4 Å². The first-order valence-corrected chi connectivity index (χ1v) is 8.34. The van der Waals surface area contributed by atoms with Crippen LogP contribution < -0.4 is 0 Å². The first-order chi connectivity index (χ1) is 11.3. The Kier molecular flexibility index (Phi) is 3.63. The molecule has 4 nitrogen and oxygen atoms in total. The molecule has 0 aliphatic carbocycles. The molecule has 1 N–H and O–H groups in total. The van der Waals surface area contributed by atoms with E-state index in [0.717, 1.165) is 16.5 Å². The summed E-state index contributed by atoms with van der Waals surface area (Å²) >= 11 is 1.68. The first-order valence-electron chi connectivity index (χ1n) is 7.46. The van der Waals surface area contributed by atoms with Gasteiger partial charge in [-0.2, -0.15) is 0 Å². The second-order valence-electron chi connectivity index (χ2n) is 5.43. The van der Waals surface area contributed by atoms with Gasteiger partial charge in [0.25, 0.3) is 0 Å². The number of aromatic amines is 1. The van der Waals surface area contributed by atoms with Gasteiger partial charge >= 0.3 is 0 Å². The molecule has 0 fully saturated rings. The summed E-state index contributed by atoms with van der Waals surface area (Å²) < 4.78 is 2.05. The molecule has 0 saturated carbocycles. The molecule has 5 heteroatoms. The summed E-state index contributed by atoms with van der Waals surface area (Å²) in [6.45, 7) is 2.10. The molecule has 114 valence electrons. The van der Waals surface area contributed by atoms with Crippen molar-refractivity contribution in [1.29, 1.82) is 0 Å². The quantitative estimate of drug-likeness (QED) is 0.572. The van der Waals surface area contributed by atoms with Crippen molar-refractivity contribution < 1.29 is 0 Å². The largest absolute Gasteiger partial charge is 0.340 e. The molecule has 1 atom stereocenters. The second-order valence-corrected chi connectivity index (χ2v) is 6.53. The topological polar surface area (TPSA) is 46.0 Å². The monoisotopic (exact) mass is 320 g/mol. The lowest BCUT2D eigenvalue weighted by atomic mass is 10.1. The summed E-state index contributed by atoms with van der Waals surface area (Å²) in [5, 5.41) is 0.995. The molecule has 0 amide bonds. The van der Waals surface area contributed by atoms with Crippen LogP contribution in [0.25, 0.3) is 5.65 Å². The summed E-state index contributed by atoms with van der Waals surface area (Å²) in [6.07, 6.45) is 7.74. The Hall–Kier alpha value is -2.53. The normalized spacial score (nSPS) is 12.6. The van der Waals surface area contributed by atoms with E-state index in [1.165, 1.54) is 11.1 Å². The van der Waals surface area contributed by atoms with Crippen LogP contribution in [0.1, 0.15) is 22.1 Å². The molecular weight excluding hydrogens is 304 g/mol. The van der Waals surface area contributed by atoms with E-state index in [9.17, 15) is 0 Å². The maximum Gasteiger partial charge on any atom is 0.166 e. The molecule has 0 aliphatic rings. The van der Waals surface area contributed by atoms with E-state index in [-0.39, 0.29) is 5.25 Å². The van der Waals surface area contributed by atoms with Crippen LogP contribution in [0, 0.1) is 6.92 Å². The lowest BCUT2D eigenvalue weighted by molar-refractivity contribution is 1.02. The Labute approximate surface area is 138 Å². The van der Waals surface area contributed by atoms with Gasteiger partial charge in [-0.1, -0.05) is 47.7 Å². The van der Waals surface area contributed by atoms with Crippen molar-refractivity contribution in [3.05, 3.63) is 84.1 Å². The summed E-state index contributed by atoms with van der Waals surface area (Å²) in [4.78, 5) is 12.3. The highest BCUT2D eigenvalue weighted by molar-refractivity contribution is 7.99. The standard InChI is InChI=1S/C18H16N4S/c1-13-5-7-14(8-6-13)17(23-18-19-9-10-20-18)15-12-22-11-3-2-4-16(22)21-15/h2-12,17H,1H3,(H,19,20). The van der Waals surface area contributed by atoms with Gasteiger partial charge in [-0.25, -0.2) is 9.97 Å². The molecule has 0 radical (unpaired) electrons. The third-order valence-electron chi connectivity index (χ3n) is 3.73. The zero-order chi connectivity index (χ0) is 15.6. The van der Waals surface area contributed by atoms with Gasteiger partial charge in [0, 0.05) is 24.8 Å². The molecule has 4 rings (SSSR count). The lowest BCUT2D eigenvalue weighted by Gasteiger charge is -2.13. The SMILES string of the molecule is Cc1ccc(C(Sc2ncc[nH]2)c2cn3ccccc3n2)cc1. The number of thioether (sulfide) groups is 1. The average Bonchev–Trinajstić information content (AvgIpc) is 3.22. The molecule has 3 aromatic heterocycles. The number of hydrogen-bond acceptors (Lipinski definition) is 3. The Morgan fingerprint density at radius 3 is 2.74 bits per heavy atom. The van der Waals surface area contributed by atoms with E-state index < -0.39 is 0 Å². The molecule has 23 heavy (non-hydrogen) atoms. The van der Waals surface area contributed by atoms with Gasteiger partial charge in [0.1, 0.15) is 5.65 Å². The fourth-order valence-corrected chi connectivity index (χ4v) is 3.56. The fraction of sp³-hybridized carbons (Fsp3) is 0.111. The Morgan fingerprint density at radius 2 is 2.00 bits per heavy atom. The van der Waals surface area contributed by atoms with Crippen molar-refractivity contribution in [2.24, 2.45) is 0 Å². The number of pyridine rings is 1. The number of nitrogens with one attached hydrogen (secondary N) is 1. The molecule has 0 aliphatic heterocycles. The highest BCUT2D eigenvalue weighted by Crippen LogP contribution is 2.38. The molecule has 4 aromatic rings. The van der Waals surface area contributed by atoms with Crippen LogP contribution in [0.15, 0.2) is 72.4 Å². The lowest BCUT2D eigenvalue weighted by Crippen LogP contribution is -1.98. The third-order valence-corrected chi connectivity index (χ3v) is 4.93. The Morgan fingerprint density at radius 1 is 1.13 bits per heavy atom. The predicted molar refractivity (Wildman–Crippen MR) is 92.7 cm³/mol. The summed E-state index contributed by atoms with van der Waals surface area (Å²) in [5.74, 6) is 0. The van der Waals surface area contributed by atoms with Gasteiger partial charge < -0.3 is 9.38 Å². The van der Waals surface area contributed by atoms with Crippen molar-refractivity contribution in [3.8, 4) is 0 Å². The van der Waals surface area contributed by atoms with E-state index in [4.69, 9.17) is 4.98 Å². The highest BCUT2D eigenvalue weighted by Gasteiger charge is 2.20. The van der Waals surface area contributed by atoms with Crippen LogP contribution >= 0.6 is 11.8 Å². The maximum atomic E-state index is 4.79. The zero-order valence-corrected chi connectivity index (χ0v) is 13.5. The molecule has 0 saturated heterocycles. The number of nitrogens with zero attached hydrogens (tertiary/aromatic N) is 3. The fourth-order valence-electron chi connectivity index (χ4n) is 2.55. The first kappa shape index (κ1) is 14.1. The predicted octanol–water partition coefficient (Wildman–Crippen LogP) is 4.25. The van der Waals surface area contributed by atoms with Crippen LogP contribution in [0.4, 0.5) is 0 Å². The van der Waals surface area contributed by atoms with E-state index in [1.54, 1.807) is 18.0 Å². The van der Waals surface area contributed by atoms with Crippen LogP contribution in [0.2, 0.25) is 0 Å². The van der Waals surface area contributed by atoms with E-state index in [2.05, 4.69) is 51.8 Å². The van der Waals surface area contributed by atoms with Crippen LogP contribution in [-0.4, -0.2) is 19.4 Å². The molecule has 3 heterocycles. The highest BCUT2D eigenvalue weighted by atomic mass is 32.2. The van der Waals surface area contributed by atoms with Gasteiger partial charge in [-0.3, -0.25) is 0 Å². The van der Waals surface area contributed by atoms with Gasteiger partial charge in [0.15, 0.2) is 5.16 Å². The molecule has 0 spiro atoms. The number of benzene rings is 1. The minimum absolute atomic E-state index is 0.0987. The smallest absolute Gasteiger partial charge is 0.166 e. The molecular formula is C18H16N4S. The summed E-state index contributed by atoms with van der Waals surface area (Å²) in [7, 11) is 0. The van der Waals surface area contributed by atoms with Crippen LogP contribution in [-0.2, 0) is 0 Å². The number of aryl methyl sites for hydroxylation is 1. The minimum atomic E-state index is 0.0987. The zero-order valence-electron chi connectivity index (χ0n) is 12.7. The molecule has 1 aromatic carbocycles. The van der Waals surface area contributed by atoms with E-state index in [1.807, 2.05) is 30.6 Å². The Balaban J connectivity index is 1.78. The average molecular weight is 320 g/mol. The van der Waals surface area contributed by atoms with Crippen molar-refractivity contribution in [2.75, 3.05) is 0 Å². The third kappa shape index (κ3) is 2.87. The minimum Gasteiger partial charge on any atom is -0.340 e. The van der Waals surface area contributed by atoms with Crippen molar-refractivity contribution in [1.82, 2.24) is 19.4 Å². The number of fused-ring (bicyclic) bond motifs is 1. The van der Waals surface area contributed by atoms with Gasteiger partial charge in [-0.05, 0) is 24.6 Å². The van der Waals surface area contributed by atoms with E-state index in [0.29, 0.717) is 0 Å². The number of H-pyrrole nitrogens is 1. The van der Waals surface area contributed by atoms with Crippen molar-refractivity contribution in [3.63, 3.8) is 0 Å². The number of hydrogen-bond donors (Lipinski definition) is 1. The Bertz CT molecular complexity index is 877. The van der Waals surface area contributed by atoms with Gasteiger partial charge in [-0.15, -0.1) is 0 Å². The van der Waals surface area contributed by atoms with E-state index >= 15 is 0 Å². The number of aromatic nitrogens is 4. The molecule has 0 bridgehead atoms. The van der Waals surface area contributed by atoms with Gasteiger partial charge in [0.05, 0.1) is 10.9 Å². The summed E-state index contributed by atoms with van der Waals surface area (Å²) in [6, 6.07) is 14.7. The van der Waals surface area contributed by atoms with Gasteiger partial charge in [0.2, 0.25) is 0 Å². The number of imidazole rings is 2. The molecule has 1 unspecified atom stereocenters. The summed E-state index contributed by atoms with van der Waals surface area (Å²) in [5.41, 5.74) is 4.46. The maximum absolute atomic E-state index is 4.79. The number of rotatable bonds is 4.